The summed E-state index contributed by atoms with van der Waals surface area (Å²) in [6, 6.07) is 3.75. The lowest BCUT2D eigenvalue weighted by Crippen LogP contribution is -2.17. The average molecular weight is 252 g/mol. The Hall–Kier alpha value is -1.58. The molecule has 2 rings (SSSR count). The van der Waals surface area contributed by atoms with Crippen molar-refractivity contribution in [1.82, 2.24) is 5.32 Å². The number of hydrogen-bond donors (Lipinski definition) is 2. The van der Waals surface area contributed by atoms with Gasteiger partial charge in [-0.05, 0) is 48.4 Å². The standard InChI is InChI=1S/C14H18F2N2/c1-2-10(3-9-4-14(17)18-8-9)11-5-12(15)7-13(16)6-11/h4-7,9-10,18H,2-3,8,17H2,1H3/t9-,10?/m0/s1. The molecule has 1 aliphatic rings. The molecule has 0 radical (unpaired) electrons. The second-order valence-electron chi connectivity index (χ2n) is 4.81. The Morgan fingerprint density at radius 3 is 2.50 bits per heavy atom. The number of hydrogen-bond acceptors (Lipinski definition) is 2. The molecule has 0 aromatic heterocycles. The van der Waals surface area contributed by atoms with Crippen LogP contribution in [0.25, 0.3) is 0 Å². The topological polar surface area (TPSA) is 38.0 Å². The van der Waals surface area contributed by atoms with E-state index < -0.39 is 11.6 Å². The van der Waals surface area contributed by atoms with Crippen LogP contribution >= 0.6 is 0 Å². The van der Waals surface area contributed by atoms with E-state index >= 15 is 0 Å². The maximum absolute atomic E-state index is 13.2. The SMILES string of the molecule is CCC(C[C@H]1C=C(N)NC1)c1cc(F)cc(F)c1. The number of halogens is 2. The molecule has 0 saturated heterocycles. The van der Waals surface area contributed by atoms with Crippen molar-refractivity contribution >= 4 is 0 Å². The van der Waals surface area contributed by atoms with Gasteiger partial charge < -0.3 is 11.1 Å². The van der Waals surface area contributed by atoms with E-state index in [1.807, 2.05) is 13.0 Å². The minimum absolute atomic E-state index is 0.157. The van der Waals surface area contributed by atoms with Crippen molar-refractivity contribution in [3.63, 3.8) is 0 Å². The van der Waals surface area contributed by atoms with Gasteiger partial charge in [0.05, 0.1) is 5.82 Å². The van der Waals surface area contributed by atoms with Gasteiger partial charge in [-0.2, -0.15) is 0 Å². The molecule has 98 valence electrons. The predicted molar refractivity (Wildman–Crippen MR) is 67.8 cm³/mol. The summed E-state index contributed by atoms with van der Waals surface area (Å²) in [6.45, 7) is 2.84. The van der Waals surface area contributed by atoms with Crippen LogP contribution in [0.3, 0.4) is 0 Å². The van der Waals surface area contributed by atoms with Crippen molar-refractivity contribution in [3.05, 3.63) is 47.3 Å². The van der Waals surface area contributed by atoms with Crippen LogP contribution in [0.2, 0.25) is 0 Å². The summed E-state index contributed by atoms with van der Waals surface area (Å²) in [6.07, 6.45) is 3.69. The quantitative estimate of drug-likeness (QED) is 0.864. The first-order valence-electron chi connectivity index (χ1n) is 6.25. The largest absolute Gasteiger partial charge is 0.386 e. The fraction of sp³-hybridized carbons (Fsp3) is 0.429. The maximum Gasteiger partial charge on any atom is 0.126 e. The van der Waals surface area contributed by atoms with Gasteiger partial charge in [-0.25, -0.2) is 8.78 Å². The molecule has 18 heavy (non-hydrogen) atoms. The number of nitrogens with one attached hydrogen (secondary N) is 1. The Kier molecular flexibility index (Phi) is 3.84. The van der Waals surface area contributed by atoms with Gasteiger partial charge in [0.15, 0.2) is 0 Å². The lowest BCUT2D eigenvalue weighted by molar-refractivity contribution is 0.494. The molecule has 1 heterocycles. The van der Waals surface area contributed by atoms with E-state index in [4.69, 9.17) is 5.73 Å². The van der Waals surface area contributed by atoms with Gasteiger partial charge in [-0.15, -0.1) is 0 Å². The van der Waals surface area contributed by atoms with Gasteiger partial charge in [-0.3, -0.25) is 0 Å². The highest BCUT2D eigenvalue weighted by Crippen LogP contribution is 2.29. The third-order valence-corrected chi connectivity index (χ3v) is 3.42. The summed E-state index contributed by atoms with van der Waals surface area (Å²) in [5, 5.41) is 3.06. The Labute approximate surface area is 106 Å². The van der Waals surface area contributed by atoms with Crippen LogP contribution in [0.1, 0.15) is 31.2 Å². The zero-order valence-electron chi connectivity index (χ0n) is 10.4. The monoisotopic (exact) mass is 252 g/mol. The van der Waals surface area contributed by atoms with Gasteiger partial charge in [0, 0.05) is 12.6 Å². The minimum Gasteiger partial charge on any atom is -0.386 e. The third kappa shape index (κ3) is 3.00. The molecule has 0 saturated carbocycles. The molecular formula is C14H18F2N2. The Morgan fingerprint density at radius 2 is 2.00 bits per heavy atom. The first-order valence-corrected chi connectivity index (χ1v) is 6.25. The minimum atomic E-state index is -0.511. The van der Waals surface area contributed by atoms with Crippen LogP contribution in [0.4, 0.5) is 8.78 Å². The van der Waals surface area contributed by atoms with Gasteiger partial charge in [0.1, 0.15) is 11.6 Å². The predicted octanol–water partition coefficient (Wildman–Crippen LogP) is 2.87. The Balaban J connectivity index is 2.12. The summed E-state index contributed by atoms with van der Waals surface area (Å²) < 4.78 is 26.4. The second kappa shape index (κ2) is 5.38. The summed E-state index contributed by atoms with van der Waals surface area (Å²) in [4.78, 5) is 0. The van der Waals surface area contributed by atoms with Crippen LogP contribution in [-0.2, 0) is 0 Å². The smallest absolute Gasteiger partial charge is 0.126 e. The van der Waals surface area contributed by atoms with Gasteiger partial charge in [-0.1, -0.05) is 6.92 Å². The molecular weight excluding hydrogens is 234 g/mol. The molecule has 0 bridgehead atoms. The van der Waals surface area contributed by atoms with E-state index in [1.165, 1.54) is 12.1 Å². The Bertz CT molecular complexity index is 437. The van der Waals surface area contributed by atoms with Crippen molar-refractivity contribution in [2.24, 2.45) is 11.7 Å². The summed E-state index contributed by atoms with van der Waals surface area (Å²) in [7, 11) is 0. The van der Waals surface area contributed by atoms with Gasteiger partial charge in [0.25, 0.3) is 0 Å². The molecule has 2 nitrogen and oxygen atoms in total. The van der Waals surface area contributed by atoms with Gasteiger partial charge in [0.2, 0.25) is 0 Å². The molecule has 1 aromatic carbocycles. The van der Waals surface area contributed by atoms with E-state index in [1.54, 1.807) is 0 Å². The Morgan fingerprint density at radius 1 is 1.33 bits per heavy atom. The number of nitrogens with two attached hydrogens (primary N) is 1. The van der Waals surface area contributed by atoms with E-state index in [2.05, 4.69) is 5.32 Å². The lowest BCUT2D eigenvalue weighted by Gasteiger charge is -2.18. The van der Waals surface area contributed by atoms with E-state index in [0.29, 0.717) is 11.7 Å². The molecule has 1 aromatic rings. The van der Waals surface area contributed by atoms with Crippen molar-refractivity contribution in [2.75, 3.05) is 6.54 Å². The molecule has 4 heteroatoms. The molecule has 3 N–H and O–H groups in total. The van der Waals surface area contributed by atoms with Crippen LogP contribution in [-0.4, -0.2) is 6.54 Å². The maximum atomic E-state index is 13.2. The zero-order valence-corrected chi connectivity index (χ0v) is 10.4. The highest BCUT2D eigenvalue weighted by Gasteiger charge is 2.20. The van der Waals surface area contributed by atoms with Crippen LogP contribution in [0, 0.1) is 17.6 Å². The third-order valence-electron chi connectivity index (χ3n) is 3.42. The normalized spacial score (nSPS) is 20.4. The molecule has 0 aliphatic carbocycles. The van der Waals surface area contributed by atoms with Crippen LogP contribution in [0.15, 0.2) is 30.1 Å². The molecule has 0 amide bonds. The van der Waals surface area contributed by atoms with E-state index in [-0.39, 0.29) is 5.92 Å². The van der Waals surface area contributed by atoms with Crippen molar-refractivity contribution in [1.29, 1.82) is 0 Å². The molecule has 1 unspecified atom stereocenters. The fourth-order valence-corrected chi connectivity index (χ4v) is 2.49. The first-order chi connectivity index (χ1) is 8.58. The first kappa shape index (κ1) is 12.9. The summed E-state index contributed by atoms with van der Waals surface area (Å²) in [5.74, 6) is 0.164. The van der Waals surface area contributed by atoms with Crippen molar-refractivity contribution in [3.8, 4) is 0 Å². The molecule has 0 spiro atoms. The van der Waals surface area contributed by atoms with E-state index in [0.717, 1.165) is 31.0 Å². The fourth-order valence-electron chi connectivity index (χ4n) is 2.49. The molecule has 1 aliphatic heterocycles. The number of rotatable bonds is 4. The van der Waals surface area contributed by atoms with Crippen molar-refractivity contribution < 1.29 is 8.78 Å². The molecule has 2 atom stereocenters. The van der Waals surface area contributed by atoms with E-state index in [9.17, 15) is 8.78 Å². The average Bonchev–Trinajstić information content (AvgIpc) is 2.70. The summed E-state index contributed by atoms with van der Waals surface area (Å²) >= 11 is 0. The zero-order chi connectivity index (χ0) is 13.1. The van der Waals surface area contributed by atoms with Crippen LogP contribution in [0.5, 0.6) is 0 Å². The molecule has 0 fully saturated rings. The second-order valence-corrected chi connectivity index (χ2v) is 4.81. The van der Waals surface area contributed by atoms with Gasteiger partial charge >= 0.3 is 0 Å². The summed E-state index contributed by atoms with van der Waals surface area (Å²) in [5.41, 5.74) is 6.39. The van der Waals surface area contributed by atoms with Crippen LogP contribution < -0.4 is 11.1 Å². The lowest BCUT2D eigenvalue weighted by atomic mass is 9.87. The number of benzene rings is 1. The van der Waals surface area contributed by atoms with Crippen molar-refractivity contribution in [2.45, 2.75) is 25.7 Å². The highest BCUT2D eigenvalue weighted by molar-refractivity contribution is 5.22. The highest BCUT2D eigenvalue weighted by atomic mass is 19.1.